The van der Waals surface area contributed by atoms with Crippen LogP contribution in [0.1, 0.15) is 50.0 Å². The van der Waals surface area contributed by atoms with Crippen molar-refractivity contribution in [3.8, 4) is 0 Å². The smallest absolute Gasteiger partial charge is 0.0643 e. The van der Waals surface area contributed by atoms with Crippen LogP contribution in [0.5, 0.6) is 0 Å². The van der Waals surface area contributed by atoms with Crippen molar-refractivity contribution in [3.63, 3.8) is 0 Å². The van der Waals surface area contributed by atoms with E-state index >= 15 is 0 Å². The highest BCUT2D eigenvalue weighted by Gasteiger charge is 2.14. The van der Waals surface area contributed by atoms with Crippen molar-refractivity contribution in [2.45, 2.75) is 50.1 Å². The van der Waals surface area contributed by atoms with Crippen LogP contribution in [0, 0.1) is 0 Å². The van der Waals surface area contributed by atoms with Crippen molar-refractivity contribution in [2.24, 2.45) is 5.73 Å². The molecule has 0 bridgehead atoms. The number of thioether (sulfide) groups is 1. The molecule has 0 fully saturated rings. The van der Waals surface area contributed by atoms with Gasteiger partial charge in [-0.05, 0) is 36.8 Å². The summed E-state index contributed by atoms with van der Waals surface area (Å²) in [6.07, 6.45) is 7.18. The topological polar surface area (TPSA) is 43.8 Å². The van der Waals surface area contributed by atoms with Crippen LogP contribution in [0.25, 0.3) is 0 Å². The fraction of sp³-hybridized carbons (Fsp3) is 0.471. The summed E-state index contributed by atoms with van der Waals surface area (Å²) in [6, 6.07) is 10.9. The summed E-state index contributed by atoms with van der Waals surface area (Å²) < 4.78 is 2.09. The van der Waals surface area contributed by atoms with E-state index in [-0.39, 0.29) is 6.04 Å². The molecule has 114 valence electrons. The van der Waals surface area contributed by atoms with Gasteiger partial charge < -0.3 is 5.73 Å². The number of rotatable bonds is 7. The Morgan fingerprint density at radius 3 is 2.57 bits per heavy atom. The van der Waals surface area contributed by atoms with E-state index in [0.29, 0.717) is 6.04 Å². The Hall–Kier alpha value is -1.26. The van der Waals surface area contributed by atoms with Gasteiger partial charge in [0, 0.05) is 23.6 Å². The Balaban J connectivity index is 2.11. The summed E-state index contributed by atoms with van der Waals surface area (Å²) in [5.41, 5.74) is 8.68. The molecule has 0 aliphatic rings. The standard InChI is InChI=1S/C17H25N3S/c1-4-14(5-2)20-11-10-13(19-20)12-16(18)15-8-6-7-9-17(15)21-3/h6-11,14,16H,4-5,12,18H2,1-3H3. The van der Waals surface area contributed by atoms with E-state index in [9.17, 15) is 0 Å². The molecule has 1 aromatic heterocycles. The Morgan fingerprint density at radius 1 is 1.19 bits per heavy atom. The van der Waals surface area contributed by atoms with Gasteiger partial charge in [-0.2, -0.15) is 5.10 Å². The molecule has 0 aliphatic carbocycles. The van der Waals surface area contributed by atoms with Crippen molar-refractivity contribution in [2.75, 3.05) is 6.26 Å². The van der Waals surface area contributed by atoms with Crippen LogP contribution in [-0.2, 0) is 6.42 Å². The van der Waals surface area contributed by atoms with Crippen molar-refractivity contribution in [1.82, 2.24) is 9.78 Å². The van der Waals surface area contributed by atoms with Crippen LogP contribution in [0.3, 0.4) is 0 Å². The third-order valence-electron chi connectivity index (χ3n) is 3.95. The largest absolute Gasteiger partial charge is 0.324 e. The van der Waals surface area contributed by atoms with Crippen LogP contribution < -0.4 is 5.73 Å². The average Bonchev–Trinajstić information content (AvgIpc) is 2.96. The monoisotopic (exact) mass is 303 g/mol. The van der Waals surface area contributed by atoms with Gasteiger partial charge in [0.05, 0.1) is 11.7 Å². The molecule has 2 aromatic rings. The second-order valence-corrected chi connectivity index (χ2v) is 6.16. The SMILES string of the molecule is CCC(CC)n1ccc(CC(N)c2ccccc2SC)n1. The number of nitrogens with two attached hydrogens (primary N) is 1. The van der Waals surface area contributed by atoms with Crippen molar-refractivity contribution >= 4 is 11.8 Å². The molecule has 4 heteroatoms. The number of nitrogens with zero attached hydrogens (tertiary/aromatic N) is 2. The lowest BCUT2D eigenvalue weighted by Crippen LogP contribution is -2.15. The van der Waals surface area contributed by atoms with Gasteiger partial charge in [0.2, 0.25) is 0 Å². The summed E-state index contributed by atoms with van der Waals surface area (Å²) in [6.45, 7) is 4.41. The number of benzene rings is 1. The lowest BCUT2D eigenvalue weighted by molar-refractivity contribution is 0.424. The number of hydrogen-bond donors (Lipinski definition) is 1. The van der Waals surface area contributed by atoms with E-state index in [0.717, 1.165) is 25.0 Å². The molecule has 0 saturated carbocycles. The fourth-order valence-electron chi connectivity index (χ4n) is 2.66. The molecule has 1 heterocycles. The van der Waals surface area contributed by atoms with Gasteiger partial charge in [-0.3, -0.25) is 4.68 Å². The van der Waals surface area contributed by atoms with E-state index in [1.165, 1.54) is 10.5 Å². The third-order valence-corrected chi connectivity index (χ3v) is 4.76. The maximum absolute atomic E-state index is 6.39. The van der Waals surface area contributed by atoms with Crippen molar-refractivity contribution in [3.05, 3.63) is 47.8 Å². The molecular weight excluding hydrogens is 278 g/mol. The normalized spacial score (nSPS) is 12.8. The Bertz CT molecular complexity index is 561. The molecular formula is C17H25N3S. The van der Waals surface area contributed by atoms with Crippen molar-refractivity contribution < 1.29 is 0 Å². The molecule has 0 spiro atoms. The van der Waals surface area contributed by atoms with E-state index in [4.69, 9.17) is 10.8 Å². The first-order valence-corrected chi connectivity index (χ1v) is 8.84. The molecule has 2 rings (SSSR count). The quantitative estimate of drug-likeness (QED) is 0.779. The molecule has 0 amide bonds. The minimum atomic E-state index is -0.00120. The van der Waals surface area contributed by atoms with Gasteiger partial charge in [-0.15, -0.1) is 11.8 Å². The zero-order valence-corrected chi connectivity index (χ0v) is 13.9. The second kappa shape index (κ2) is 7.66. The van der Waals surface area contributed by atoms with E-state index in [1.807, 2.05) is 0 Å². The highest BCUT2D eigenvalue weighted by molar-refractivity contribution is 7.98. The van der Waals surface area contributed by atoms with Crippen LogP contribution in [0.4, 0.5) is 0 Å². The number of hydrogen-bond acceptors (Lipinski definition) is 3. The number of aromatic nitrogens is 2. The summed E-state index contributed by atoms with van der Waals surface area (Å²) in [5, 5.41) is 4.70. The minimum absolute atomic E-state index is 0.00120. The maximum atomic E-state index is 6.39. The summed E-state index contributed by atoms with van der Waals surface area (Å²) in [5.74, 6) is 0. The van der Waals surface area contributed by atoms with Gasteiger partial charge in [0.25, 0.3) is 0 Å². The molecule has 0 saturated heterocycles. The first-order chi connectivity index (χ1) is 10.2. The van der Waals surface area contributed by atoms with Gasteiger partial charge in [-0.25, -0.2) is 0 Å². The second-order valence-electron chi connectivity index (χ2n) is 5.31. The van der Waals surface area contributed by atoms with Crippen LogP contribution in [-0.4, -0.2) is 16.0 Å². The molecule has 1 unspecified atom stereocenters. The van der Waals surface area contributed by atoms with E-state index in [1.54, 1.807) is 11.8 Å². The van der Waals surface area contributed by atoms with Crippen molar-refractivity contribution in [1.29, 1.82) is 0 Å². The fourth-order valence-corrected chi connectivity index (χ4v) is 3.33. The van der Waals surface area contributed by atoms with E-state index < -0.39 is 0 Å². The Labute approximate surface area is 131 Å². The minimum Gasteiger partial charge on any atom is -0.324 e. The third kappa shape index (κ3) is 3.89. The maximum Gasteiger partial charge on any atom is 0.0643 e. The predicted octanol–water partition coefficient (Wildman–Crippen LogP) is 4.21. The summed E-state index contributed by atoms with van der Waals surface area (Å²) >= 11 is 1.75. The highest BCUT2D eigenvalue weighted by Crippen LogP contribution is 2.26. The van der Waals surface area contributed by atoms with Gasteiger partial charge >= 0.3 is 0 Å². The Kier molecular flexibility index (Phi) is 5.88. The first kappa shape index (κ1) is 16.1. The lowest BCUT2D eigenvalue weighted by Gasteiger charge is -2.15. The first-order valence-electron chi connectivity index (χ1n) is 7.62. The highest BCUT2D eigenvalue weighted by atomic mass is 32.2. The molecule has 3 nitrogen and oxygen atoms in total. The average molecular weight is 303 g/mol. The summed E-state index contributed by atoms with van der Waals surface area (Å²) in [7, 11) is 0. The lowest BCUT2D eigenvalue weighted by atomic mass is 10.0. The zero-order valence-electron chi connectivity index (χ0n) is 13.1. The Morgan fingerprint density at radius 2 is 1.90 bits per heavy atom. The van der Waals surface area contributed by atoms with Gasteiger partial charge in [0.15, 0.2) is 0 Å². The molecule has 1 atom stereocenters. The van der Waals surface area contributed by atoms with E-state index in [2.05, 4.69) is 61.3 Å². The van der Waals surface area contributed by atoms with Gasteiger partial charge in [-0.1, -0.05) is 32.0 Å². The molecule has 1 aromatic carbocycles. The molecule has 21 heavy (non-hydrogen) atoms. The predicted molar refractivity (Wildman–Crippen MR) is 90.7 cm³/mol. The van der Waals surface area contributed by atoms with Gasteiger partial charge in [0.1, 0.15) is 0 Å². The zero-order chi connectivity index (χ0) is 15.2. The summed E-state index contributed by atoms with van der Waals surface area (Å²) in [4.78, 5) is 1.25. The van der Waals surface area contributed by atoms with Crippen LogP contribution in [0.2, 0.25) is 0 Å². The molecule has 2 N–H and O–H groups in total. The molecule has 0 aliphatic heterocycles. The molecule has 0 radical (unpaired) electrons. The van der Waals surface area contributed by atoms with Crippen LogP contribution >= 0.6 is 11.8 Å². The van der Waals surface area contributed by atoms with Crippen LogP contribution in [0.15, 0.2) is 41.4 Å².